The fourth-order valence-corrected chi connectivity index (χ4v) is 4.53. The maximum absolute atomic E-state index is 12.6. The van der Waals surface area contributed by atoms with Crippen LogP contribution in [0, 0.1) is 0 Å². The van der Waals surface area contributed by atoms with Gasteiger partial charge in [-0.1, -0.05) is 6.08 Å². The van der Waals surface area contributed by atoms with Crippen molar-refractivity contribution in [2.75, 3.05) is 26.8 Å². The molecule has 21 heavy (non-hydrogen) atoms. The Kier molecular flexibility index (Phi) is 5.95. The predicted molar refractivity (Wildman–Crippen MR) is 85.0 cm³/mol. The highest BCUT2D eigenvalue weighted by molar-refractivity contribution is 7.89. The Bertz CT molecular complexity index is 565. The molecule has 0 spiro atoms. The zero-order valence-electron chi connectivity index (χ0n) is 12.2. The van der Waals surface area contributed by atoms with Gasteiger partial charge in [0.1, 0.15) is 0 Å². The highest BCUT2D eigenvalue weighted by atomic mass is 32.2. The molecule has 1 fully saturated rings. The van der Waals surface area contributed by atoms with Gasteiger partial charge in [0, 0.05) is 43.0 Å². The lowest BCUT2D eigenvalue weighted by Crippen LogP contribution is -2.33. The summed E-state index contributed by atoms with van der Waals surface area (Å²) in [5.41, 5.74) is 0. The lowest BCUT2D eigenvalue weighted by atomic mass is 10.4. The van der Waals surface area contributed by atoms with Gasteiger partial charge in [-0.3, -0.25) is 0 Å². The normalized spacial score (nSPS) is 15.5. The second-order valence-electron chi connectivity index (χ2n) is 5.05. The summed E-state index contributed by atoms with van der Waals surface area (Å²) in [4.78, 5) is 1.41. The molecule has 1 heterocycles. The zero-order chi connectivity index (χ0) is 15.3. The Hall–Kier alpha value is -0.730. The van der Waals surface area contributed by atoms with Crippen molar-refractivity contribution in [2.24, 2.45) is 0 Å². The molecule has 1 aliphatic rings. The first kappa shape index (κ1) is 16.6. The van der Waals surface area contributed by atoms with Crippen LogP contribution in [0.3, 0.4) is 0 Å². The maximum atomic E-state index is 12.6. The number of rotatable bonds is 10. The number of thiophene rings is 1. The third-order valence-corrected chi connectivity index (χ3v) is 6.22. The largest absolute Gasteiger partial charge is 0.383 e. The minimum atomic E-state index is -3.47. The first-order valence-electron chi connectivity index (χ1n) is 6.98. The molecule has 0 radical (unpaired) electrons. The predicted octanol–water partition coefficient (Wildman–Crippen LogP) is 1.82. The van der Waals surface area contributed by atoms with Crippen LogP contribution in [0.4, 0.5) is 0 Å². The molecule has 0 bridgehead atoms. The Balaban J connectivity index is 2.06. The van der Waals surface area contributed by atoms with E-state index in [0.717, 1.165) is 11.4 Å². The van der Waals surface area contributed by atoms with Crippen LogP contribution in [0.25, 0.3) is 0 Å². The van der Waals surface area contributed by atoms with Gasteiger partial charge in [0.15, 0.2) is 0 Å². The van der Waals surface area contributed by atoms with E-state index in [0.29, 0.717) is 24.1 Å². The van der Waals surface area contributed by atoms with Gasteiger partial charge in [-0.25, -0.2) is 8.42 Å². The fourth-order valence-electron chi connectivity index (χ4n) is 1.92. The van der Waals surface area contributed by atoms with Crippen molar-refractivity contribution in [1.29, 1.82) is 0 Å². The topological polar surface area (TPSA) is 58.6 Å². The number of hydrogen-bond donors (Lipinski definition) is 1. The van der Waals surface area contributed by atoms with Crippen LogP contribution in [-0.4, -0.2) is 45.6 Å². The second-order valence-corrected chi connectivity index (χ2v) is 7.98. The molecule has 0 amide bonds. The summed E-state index contributed by atoms with van der Waals surface area (Å²) in [5, 5.41) is 5.10. The molecule has 0 unspecified atom stereocenters. The lowest BCUT2D eigenvalue weighted by molar-refractivity contribution is 0.182. The summed E-state index contributed by atoms with van der Waals surface area (Å²) in [5.74, 6) is 0. The molecule has 0 aromatic carbocycles. The number of nitrogens with one attached hydrogen (secondary N) is 1. The van der Waals surface area contributed by atoms with E-state index in [1.807, 2.05) is 0 Å². The van der Waals surface area contributed by atoms with Crippen LogP contribution >= 0.6 is 11.3 Å². The van der Waals surface area contributed by atoms with Crippen molar-refractivity contribution in [3.8, 4) is 0 Å². The average Bonchev–Trinajstić information content (AvgIpc) is 3.17. The lowest BCUT2D eigenvalue weighted by Gasteiger charge is -2.19. The van der Waals surface area contributed by atoms with Gasteiger partial charge in [0.25, 0.3) is 0 Å². The zero-order valence-corrected chi connectivity index (χ0v) is 13.9. The summed E-state index contributed by atoms with van der Waals surface area (Å²) in [6.45, 7) is 5.35. The minimum absolute atomic E-state index is 0.289. The van der Waals surface area contributed by atoms with E-state index in [1.165, 1.54) is 28.5 Å². The molecule has 1 aromatic rings. The second kappa shape index (κ2) is 7.51. The Morgan fingerprint density at radius 2 is 2.33 bits per heavy atom. The number of nitrogens with zero attached hydrogens (tertiary/aromatic N) is 1. The SMILES string of the molecule is C=CCN(CCOC)S(=O)(=O)c1csc(CNC2CC2)c1. The molecule has 0 saturated heterocycles. The summed E-state index contributed by atoms with van der Waals surface area (Å²) in [7, 11) is -1.91. The van der Waals surface area contributed by atoms with Gasteiger partial charge in [0.2, 0.25) is 10.0 Å². The molecule has 1 saturated carbocycles. The third kappa shape index (κ3) is 4.62. The molecule has 118 valence electrons. The van der Waals surface area contributed by atoms with Gasteiger partial charge in [-0.2, -0.15) is 4.31 Å². The molecule has 1 N–H and O–H groups in total. The van der Waals surface area contributed by atoms with Gasteiger partial charge >= 0.3 is 0 Å². The van der Waals surface area contributed by atoms with E-state index in [2.05, 4.69) is 11.9 Å². The van der Waals surface area contributed by atoms with E-state index in [4.69, 9.17) is 4.74 Å². The van der Waals surface area contributed by atoms with Crippen LogP contribution in [-0.2, 0) is 21.3 Å². The van der Waals surface area contributed by atoms with Crippen molar-refractivity contribution in [2.45, 2.75) is 30.3 Å². The van der Waals surface area contributed by atoms with Gasteiger partial charge < -0.3 is 10.1 Å². The molecule has 5 nitrogen and oxygen atoms in total. The number of ether oxygens (including phenoxy) is 1. The van der Waals surface area contributed by atoms with E-state index < -0.39 is 10.0 Å². The van der Waals surface area contributed by atoms with Crippen LogP contribution in [0.2, 0.25) is 0 Å². The highest BCUT2D eigenvalue weighted by Gasteiger charge is 2.25. The van der Waals surface area contributed by atoms with Crippen molar-refractivity contribution < 1.29 is 13.2 Å². The van der Waals surface area contributed by atoms with Crippen molar-refractivity contribution >= 4 is 21.4 Å². The standard InChI is InChI=1S/C14H22N2O3S2/c1-3-6-16(7-8-19-2)21(17,18)14-9-13(20-11-14)10-15-12-4-5-12/h3,9,11-12,15H,1,4-8,10H2,2H3. The number of hydrogen-bond acceptors (Lipinski definition) is 5. The van der Waals surface area contributed by atoms with Crippen LogP contribution in [0.15, 0.2) is 29.0 Å². The van der Waals surface area contributed by atoms with Crippen molar-refractivity contribution in [3.63, 3.8) is 0 Å². The monoisotopic (exact) mass is 330 g/mol. The molecule has 0 aliphatic heterocycles. The Labute approximate surface area is 130 Å². The minimum Gasteiger partial charge on any atom is -0.383 e. The van der Waals surface area contributed by atoms with Crippen LogP contribution in [0.1, 0.15) is 17.7 Å². The molecular weight excluding hydrogens is 308 g/mol. The van der Waals surface area contributed by atoms with Crippen LogP contribution in [0.5, 0.6) is 0 Å². The van der Waals surface area contributed by atoms with Gasteiger partial charge in [-0.15, -0.1) is 17.9 Å². The third-order valence-electron chi connectivity index (χ3n) is 3.29. The molecule has 7 heteroatoms. The number of sulfonamides is 1. The van der Waals surface area contributed by atoms with E-state index in [1.54, 1.807) is 24.6 Å². The molecule has 0 atom stereocenters. The van der Waals surface area contributed by atoms with E-state index >= 15 is 0 Å². The first-order valence-corrected chi connectivity index (χ1v) is 9.30. The van der Waals surface area contributed by atoms with Crippen molar-refractivity contribution in [3.05, 3.63) is 29.0 Å². The average molecular weight is 330 g/mol. The smallest absolute Gasteiger partial charge is 0.244 e. The Morgan fingerprint density at radius 1 is 1.57 bits per heavy atom. The molecular formula is C14H22N2O3S2. The van der Waals surface area contributed by atoms with E-state index in [-0.39, 0.29) is 6.54 Å². The number of methoxy groups -OCH3 is 1. The fraction of sp³-hybridized carbons (Fsp3) is 0.571. The van der Waals surface area contributed by atoms with E-state index in [9.17, 15) is 8.42 Å². The van der Waals surface area contributed by atoms with Crippen LogP contribution < -0.4 is 5.32 Å². The molecule has 2 rings (SSSR count). The molecule has 1 aromatic heterocycles. The molecule has 1 aliphatic carbocycles. The van der Waals surface area contributed by atoms with Gasteiger partial charge in [0.05, 0.1) is 11.5 Å². The summed E-state index contributed by atoms with van der Waals surface area (Å²) >= 11 is 1.48. The summed E-state index contributed by atoms with van der Waals surface area (Å²) in [6, 6.07) is 2.38. The first-order chi connectivity index (χ1) is 10.1. The maximum Gasteiger partial charge on any atom is 0.244 e. The highest BCUT2D eigenvalue weighted by Crippen LogP contribution is 2.24. The van der Waals surface area contributed by atoms with Crippen molar-refractivity contribution in [1.82, 2.24) is 9.62 Å². The summed E-state index contributed by atoms with van der Waals surface area (Å²) < 4.78 is 31.6. The van der Waals surface area contributed by atoms with Gasteiger partial charge in [-0.05, 0) is 18.9 Å². The summed E-state index contributed by atoms with van der Waals surface area (Å²) in [6.07, 6.45) is 4.04. The quantitative estimate of drug-likeness (QED) is 0.665. The Morgan fingerprint density at radius 3 is 2.95 bits per heavy atom.